The van der Waals surface area contributed by atoms with E-state index in [9.17, 15) is 9.59 Å². The van der Waals surface area contributed by atoms with E-state index in [4.69, 9.17) is 15.7 Å². The summed E-state index contributed by atoms with van der Waals surface area (Å²) in [7, 11) is 1.67. The quantitative estimate of drug-likeness (QED) is 0.540. The van der Waals surface area contributed by atoms with Crippen LogP contribution in [0.25, 0.3) is 11.2 Å². The van der Waals surface area contributed by atoms with Gasteiger partial charge in [0.05, 0.1) is 18.8 Å². The largest absolute Gasteiger partial charge is 0.341 e. The number of nitrogens with two attached hydrogens (primary N) is 1. The zero-order valence-electron chi connectivity index (χ0n) is 22.6. The molecule has 198 valence electrons. The van der Waals surface area contributed by atoms with Crippen LogP contribution < -0.4 is 21.9 Å². The second-order valence-electron chi connectivity index (χ2n) is 10.3. The van der Waals surface area contributed by atoms with Crippen molar-refractivity contribution >= 4 is 22.8 Å². The van der Waals surface area contributed by atoms with Gasteiger partial charge in [-0.05, 0) is 63.2 Å². The molecule has 2 N–H and O–H groups in total. The minimum absolute atomic E-state index is 0.0372. The Morgan fingerprint density at radius 1 is 1.13 bits per heavy atom. The summed E-state index contributed by atoms with van der Waals surface area (Å²) in [5.41, 5.74) is 11.3. The van der Waals surface area contributed by atoms with Crippen LogP contribution in [-0.2, 0) is 26.6 Å². The highest BCUT2D eigenvalue weighted by molar-refractivity contribution is 6.00. The first-order chi connectivity index (χ1) is 18.3. The summed E-state index contributed by atoms with van der Waals surface area (Å²) in [4.78, 5) is 39.3. The van der Waals surface area contributed by atoms with Gasteiger partial charge in [-0.25, -0.2) is 4.79 Å². The Balaban J connectivity index is 1.65. The molecule has 2 aliphatic rings. The van der Waals surface area contributed by atoms with Crippen molar-refractivity contribution in [3.8, 4) is 11.8 Å². The molecule has 0 unspecified atom stereocenters. The molecule has 0 saturated carbocycles. The highest BCUT2D eigenvalue weighted by Crippen LogP contribution is 2.25. The van der Waals surface area contributed by atoms with Gasteiger partial charge in [0.25, 0.3) is 5.56 Å². The van der Waals surface area contributed by atoms with E-state index >= 15 is 0 Å². The molecule has 1 aromatic carbocycles. The Bertz CT molecular complexity index is 1640. The van der Waals surface area contributed by atoms with Crippen LogP contribution in [0.5, 0.6) is 0 Å². The molecule has 2 aromatic heterocycles. The van der Waals surface area contributed by atoms with E-state index in [1.165, 1.54) is 14.7 Å². The van der Waals surface area contributed by atoms with Gasteiger partial charge in [-0.15, -0.1) is 5.92 Å². The summed E-state index contributed by atoms with van der Waals surface area (Å²) in [6, 6.07) is 8.30. The lowest BCUT2D eigenvalue weighted by atomic mass is 9.95. The van der Waals surface area contributed by atoms with Crippen molar-refractivity contribution in [3.63, 3.8) is 0 Å². The summed E-state index contributed by atoms with van der Waals surface area (Å²) in [6.07, 6.45) is 3.59. The molecule has 38 heavy (non-hydrogen) atoms. The highest BCUT2D eigenvalue weighted by Gasteiger charge is 2.26. The Morgan fingerprint density at radius 3 is 2.68 bits per heavy atom. The monoisotopic (exact) mass is 513 g/mol. The van der Waals surface area contributed by atoms with Gasteiger partial charge in [-0.1, -0.05) is 30.2 Å². The Morgan fingerprint density at radius 2 is 1.92 bits per heavy atom. The molecule has 3 aromatic rings. The van der Waals surface area contributed by atoms with E-state index in [1.807, 2.05) is 30.5 Å². The summed E-state index contributed by atoms with van der Waals surface area (Å²) in [5, 5.41) is 0. The number of fused-ring (bicyclic) bond motifs is 2. The molecule has 4 heterocycles. The molecule has 5 rings (SSSR count). The first-order valence-electron chi connectivity index (χ1n) is 13.2. The lowest BCUT2D eigenvalue weighted by Crippen LogP contribution is -2.44. The van der Waals surface area contributed by atoms with Crippen molar-refractivity contribution in [2.45, 2.75) is 65.6 Å². The fourth-order valence-corrected chi connectivity index (χ4v) is 5.48. The molecule has 9 heteroatoms. The number of hydrogen-bond donors (Lipinski definition) is 1. The predicted molar refractivity (Wildman–Crippen MR) is 152 cm³/mol. The summed E-state index contributed by atoms with van der Waals surface area (Å²) >= 11 is 0. The molecular weight excluding hydrogens is 478 g/mol. The molecule has 0 amide bonds. The van der Waals surface area contributed by atoms with Gasteiger partial charge in [-0.2, -0.15) is 4.98 Å². The van der Waals surface area contributed by atoms with Gasteiger partial charge in [0.15, 0.2) is 11.2 Å². The van der Waals surface area contributed by atoms with Gasteiger partial charge in [0.2, 0.25) is 5.95 Å². The van der Waals surface area contributed by atoms with E-state index in [0.717, 1.165) is 54.8 Å². The van der Waals surface area contributed by atoms with Crippen LogP contribution in [0.4, 0.5) is 5.95 Å². The van der Waals surface area contributed by atoms with Crippen LogP contribution in [-0.4, -0.2) is 43.5 Å². The molecular formula is C29H35N7O2. The second kappa shape index (κ2) is 10.5. The number of piperidine rings is 1. The zero-order chi connectivity index (χ0) is 27.0. The second-order valence-corrected chi connectivity index (χ2v) is 10.3. The lowest BCUT2D eigenvalue weighted by molar-refractivity contribution is 0.496. The zero-order valence-corrected chi connectivity index (χ0v) is 22.6. The number of aromatic nitrogens is 4. The third-order valence-electron chi connectivity index (χ3n) is 7.65. The number of aryl methyl sites for hydroxylation is 2. The number of anilines is 1. The average molecular weight is 514 g/mol. The van der Waals surface area contributed by atoms with E-state index in [2.05, 4.69) is 28.9 Å². The molecule has 1 fully saturated rings. The summed E-state index contributed by atoms with van der Waals surface area (Å²) in [5.74, 6) is 6.64. The lowest BCUT2D eigenvalue weighted by Gasteiger charge is -2.31. The van der Waals surface area contributed by atoms with Crippen LogP contribution in [0, 0.1) is 11.8 Å². The number of allylic oxidation sites excluding steroid dienone is 2. The van der Waals surface area contributed by atoms with Gasteiger partial charge < -0.3 is 10.6 Å². The fraction of sp³-hybridized carbons (Fsp3) is 0.448. The molecule has 0 aliphatic carbocycles. The minimum Gasteiger partial charge on any atom is -0.341 e. The Hall–Kier alpha value is -3.90. The van der Waals surface area contributed by atoms with Crippen LogP contribution in [0.1, 0.15) is 51.2 Å². The van der Waals surface area contributed by atoms with Crippen molar-refractivity contribution in [2.24, 2.45) is 17.8 Å². The predicted octanol–water partition coefficient (Wildman–Crippen LogP) is 2.58. The maximum Gasteiger partial charge on any atom is 0.332 e. The van der Waals surface area contributed by atoms with Crippen LogP contribution >= 0.6 is 0 Å². The summed E-state index contributed by atoms with van der Waals surface area (Å²) in [6.45, 7) is 7.62. The van der Waals surface area contributed by atoms with Crippen molar-refractivity contribution in [1.82, 2.24) is 18.7 Å². The maximum absolute atomic E-state index is 14.0. The SMILES string of the molecule is CC#CCn1c(N2CCC[C@@H](N)C2)nc2c1c(=O)n(C/C1=C(/C)CCc3ccccc3C(C)=N1)c(=O)n2C. The Kier molecular flexibility index (Phi) is 7.09. The van der Waals surface area contributed by atoms with Crippen molar-refractivity contribution in [2.75, 3.05) is 18.0 Å². The maximum atomic E-state index is 14.0. The van der Waals surface area contributed by atoms with Crippen LogP contribution in [0.3, 0.4) is 0 Å². The first kappa shape index (κ1) is 25.7. The standard InChI is InChI=1S/C29H35N7O2/c1-5-6-16-35-25-26(32-28(35)34-15-9-11-22(30)17-34)33(4)29(38)36(27(25)37)18-24-19(2)13-14-21-10-7-8-12-23(21)20(3)31-24/h7-8,10,12,22H,9,11,13-18,30H2,1-4H3/b24-19+,31-20?/t22-/m1/s1. The minimum atomic E-state index is -0.411. The Labute approximate surface area is 222 Å². The van der Waals surface area contributed by atoms with E-state index < -0.39 is 5.69 Å². The first-order valence-corrected chi connectivity index (χ1v) is 13.2. The molecule has 1 saturated heterocycles. The third-order valence-corrected chi connectivity index (χ3v) is 7.65. The third kappa shape index (κ3) is 4.61. The molecule has 0 spiro atoms. The highest BCUT2D eigenvalue weighted by atomic mass is 16.2. The van der Waals surface area contributed by atoms with Gasteiger partial charge in [0, 0.05) is 31.9 Å². The number of benzene rings is 1. The molecule has 1 atom stereocenters. The topological polar surface area (TPSA) is 103 Å². The molecule has 9 nitrogen and oxygen atoms in total. The van der Waals surface area contributed by atoms with Crippen molar-refractivity contribution < 1.29 is 0 Å². The number of hydrogen-bond acceptors (Lipinski definition) is 6. The fourth-order valence-electron chi connectivity index (χ4n) is 5.48. The normalized spacial score (nSPS) is 19.9. The molecule has 2 aliphatic heterocycles. The van der Waals surface area contributed by atoms with Gasteiger partial charge in [0.1, 0.15) is 0 Å². The van der Waals surface area contributed by atoms with Crippen molar-refractivity contribution in [1.29, 1.82) is 0 Å². The van der Waals surface area contributed by atoms with Gasteiger partial charge >= 0.3 is 5.69 Å². The summed E-state index contributed by atoms with van der Waals surface area (Å²) < 4.78 is 4.59. The number of imidazole rings is 1. The van der Waals surface area contributed by atoms with E-state index in [-0.39, 0.29) is 18.1 Å². The average Bonchev–Trinajstić information content (AvgIpc) is 3.30. The van der Waals surface area contributed by atoms with Crippen molar-refractivity contribution in [3.05, 3.63) is 67.5 Å². The molecule has 0 radical (unpaired) electrons. The van der Waals surface area contributed by atoms with Crippen LogP contribution in [0.15, 0.2) is 50.1 Å². The van der Waals surface area contributed by atoms with Gasteiger partial charge in [-0.3, -0.25) is 23.5 Å². The number of nitrogens with zero attached hydrogens (tertiary/aromatic N) is 6. The number of rotatable bonds is 4. The smallest absolute Gasteiger partial charge is 0.332 e. The molecule has 0 bridgehead atoms. The van der Waals surface area contributed by atoms with E-state index in [1.54, 1.807) is 14.0 Å². The van der Waals surface area contributed by atoms with E-state index in [0.29, 0.717) is 30.2 Å². The van der Waals surface area contributed by atoms with Crippen LogP contribution in [0.2, 0.25) is 0 Å². The number of aliphatic imine (C=N–C) groups is 1.